The fourth-order valence-corrected chi connectivity index (χ4v) is 0.834. The van der Waals surface area contributed by atoms with Gasteiger partial charge in [-0.1, -0.05) is 0 Å². The van der Waals surface area contributed by atoms with Gasteiger partial charge in [0.15, 0.2) is 0 Å². The van der Waals surface area contributed by atoms with Crippen LogP contribution in [0.5, 0.6) is 0 Å². The van der Waals surface area contributed by atoms with Crippen molar-refractivity contribution in [2.45, 2.75) is 24.0 Å². The smallest absolute Gasteiger partial charge is 0.550 e. The van der Waals surface area contributed by atoms with Crippen LogP contribution in [0.1, 0.15) is 12.8 Å². The summed E-state index contributed by atoms with van der Waals surface area (Å²) in [6.07, 6.45) is -2.72. The Kier molecular flexibility index (Phi) is 26.6. The Morgan fingerprint density at radius 2 is 1.04 bits per heavy atom. The van der Waals surface area contributed by atoms with E-state index >= 15 is 0 Å². The minimum Gasteiger partial charge on any atom is -0.550 e. The molecule has 6 N–H and O–H groups in total. The minimum atomic E-state index is -2.97. The second kappa shape index (κ2) is 17.6. The average molecular weight is 379 g/mol. The third-order valence-electron chi connectivity index (χ3n) is 2.20. The first-order chi connectivity index (χ1) is 9.46. The van der Waals surface area contributed by atoms with Crippen molar-refractivity contribution in [3.63, 3.8) is 0 Å². The van der Waals surface area contributed by atoms with Gasteiger partial charge in [0.25, 0.3) is 0 Å². The molecular weight excluding hydrogens is 363 g/mol. The maximum absolute atomic E-state index is 10.1. The molecule has 0 aliphatic rings. The number of nitrogens with two attached hydrogens (primary N) is 1. The molecule has 0 heterocycles. The number of carboxylic acids is 3. The van der Waals surface area contributed by atoms with E-state index in [2.05, 4.69) is 0 Å². The normalized spacial score (nSPS) is 9.88. The number of aliphatic hydroxyl groups excluding tert-OH is 3. The standard InChI is InChI=1S/C6H8O7.C4H11NO3.3Na/c7-3(8)1-6(13,5(11)12)2-4(9)10;5-4(1-6,2-7)3-8;;;/h13H,1-2H2,(H,7,8)(H,9,10)(H,11,12);6-8H,1-3,5H2;;;/q;;3*+1/p-3. The van der Waals surface area contributed by atoms with Gasteiger partial charge in [-0.05, 0) is 0 Å². The number of rotatable bonds is 8. The summed E-state index contributed by atoms with van der Waals surface area (Å²) in [6.45, 7) is -1.21. The molecule has 0 spiro atoms. The third kappa shape index (κ3) is 16.7. The van der Waals surface area contributed by atoms with E-state index in [0.29, 0.717) is 0 Å². The molecule has 0 saturated carbocycles. The van der Waals surface area contributed by atoms with Crippen molar-refractivity contribution in [1.29, 1.82) is 0 Å². The largest absolute Gasteiger partial charge is 1.00 e. The number of carbonyl (C=O) groups excluding carboxylic acids is 3. The van der Waals surface area contributed by atoms with Gasteiger partial charge in [-0.2, -0.15) is 0 Å². The zero-order valence-electron chi connectivity index (χ0n) is 13.9. The van der Waals surface area contributed by atoms with Gasteiger partial charge in [-0.15, -0.1) is 0 Å². The van der Waals surface area contributed by atoms with E-state index in [1.807, 2.05) is 0 Å². The molecule has 0 aliphatic heterocycles. The number of carbonyl (C=O) groups is 3. The molecule has 0 radical (unpaired) electrons. The summed E-state index contributed by atoms with van der Waals surface area (Å²) in [5, 5.41) is 63.9. The SMILES string of the molecule is NC(CO)(CO)CO.O=C([O-])CC(O)(CC(=O)[O-])C(=O)[O-].[Na+].[Na+].[Na+]. The van der Waals surface area contributed by atoms with Crippen molar-refractivity contribution in [3.8, 4) is 0 Å². The van der Waals surface area contributed by atoms with Crippen LogP contribution < -0.4 is 110 Å². The first-order valence-electron chi connectivity index (χ1n) is 5.41. The Bertz CT molecular complexity index is 354. The van der Waals surface area contributed by atoms with E-state index in [9.17, 15) is 29.7 Å². The van der Waals surface area contributed by atoms with Crippen LogP contribution in [-0.4, -0.2) is 69.3 Å². The summed E-state index contributed by atoms with van der Waals surface area (Å²) in [5.74, 6) is -5.98. The molecule has 0 rings (SSSR count). The molecule has 0 aromatic rings. The summed E-state index contributed by atoms with van der Waals surface area (Å²) in [6, 6.07) is 0. The minimum absolute atomic E-state index is 0. The Morgan fingerprint density at radius 1 is 0.792 bits per heavy atom. The van der Waals surface area contributed by atoms with Crippen molar-refractivity contribution in [2.24, 2.45) is 5.73 Å². The van der Waals surface area contributed by atoms with E-state index in [0.717, 1.165) is 0 Å². The molecule has 0 aromatic heterocycles. The summed E-state index contributed by atoms with van der Waals surface area (Å²) in [4.78, 5) is 30.0. The van der Waals surface area contributed by atoms with Gasteiger partial charge in [0.2, 0.25) is 0 Å². The zero-order chi connectivity index (χ0) is 17.3. The average Bonchev–Trinajstić information content (AvgIpc) is 2.36. The third-order valence-corrected chi connectivity index (χ3v) is 2.20. The van der Waals surface area contributed by atoms with Crippen LogP contribution in [-0.2, 0) is 14.4 Å². The monoisotopic (exact) mass is 379 g/mol. The fraction of sp³-hybridized carbons (Fsp3) is 0.700. The molecule has 11 nitrogen and oxygen atoms in total. The van der Waals surface area contributed by atoms with Crippen LogP contribution >= 0.6 is 0 Å². The van der Waals surface area contributed by atoms with Crippen LogP contribution in [0.2, 0.25) is 0 Å². The number of aliphatic hydroxyl groups is 4. The summed E-state index contributed by atoms with van der Waals surface area (Å²) in [7, 11) is 0. The van der Waals surface area contributed by atoms with Crippen molar-refractivity contribution in [1.82, 2.24) is 0 Å². The van der Waals surface area contributed by atoms with Gasteiger partial charge < -0.3 is 55.9 Å². The van der Waals surface area contributed by atoms with E-state index in [1.54, 1.807) is 0 Å². The molecule has 24 heavy (non-hydrogen) atoms. The quantitative estimate of drug-likeness (QED) is 0.249. The number of hydrogen-bond acceptors (Lipinski definition) is 11. The maximum Gasteiger partial charge on any atom is 1.00 e. The van der Waals surface area contributed by atoms with Crippen molar-refractivity contribution < 1.29 is 139 Å². The molecule has 0 bridgehead atoms. The van der Waals surface area contributed by atoms with Gasteiger partial charge in [0.1, 0.15) is 5.60 Å². The van der Waals surface area contributed by atoms with E-state index in [1.165, 1.54) is 0 Å². The molecule has 0 fully saturated rings. The van der Waals surface area contributed by atoms with E-state index in [4.69, 9.17) is 26.2 Å². The Balaban J connectivity index is -0.0000000968. The Hall–Kier alpha value is 1.21. The number of hydrogen-bond donors (Lipinski definition) is 5. The zero-order valence-corrected chi connectivity index (χ0v) is 19.9. The van der Waals surface area contributed by atoms with Crippen molar-refractivity contribution >= 4 is 17.9 Å². The van der Waals surface area contributed by atoms with Crippen LogP contribution in [0.25, 0.3) is 0 Å². The molecule has 0 saturated heterocycles. The van der Waals surface area contributed by atoms with E-state index in [-0.39, 0.29) is 88.7 Å². The van der Waals surface area contributed by atoms with Crippen LogP contribution in [0, 0.1) is 0 Å². The van der Waals surface area contributed by atoms with Gasteiger partial charge in [-0.3, -0.25) is 0 Å². The van der Waals surface area contributed by atoms with Crippen LogP contribution in [0.3, 0.4) is 0 Å². The Labute approximate surface area is 204 Å². The molecule has 0 aromatic carbocycles. The maximum atomic E-state index is 10.1. The molecule has 124 valence electrons. The second-order valence-corrected chi connectivity index (χ2v) is 4.25. The number of carboxylic acid groups (broad SMARTS) is 3. The second-order valence-electron chi connectivity index (χ2n) is 4.25. The Morgan fingerprint density at radius 3 is 1.12 bits per heavy atom. The van der Waals surface area contributed by atoms with Gasteiger partial charge in [0.05, 0.1) is 31.3 Å². The van der Waals surface area contributed by atoms with Gasteiger partial charge in [-0.25, -0.2) is 0 Å². The first kappa shape index (κ1) is 36.2. The summed E-state index contributed by atoms with van der Waals surface area (Å²) in [5.41, 5.74) is 0.963. The van der Waals surface area contributed by atoms with Crippen LogP contribution in [0.4, 0.5) is 0 Å². The number of aliphatic carboxylic acids is 3. The molecule has 0 aliphatic carbocycles. The molecule has 0 atom stereocenters. The van der Waals surface area contributed by atoms with Crippen LogP contribution in [0.15, 0.2) is 0 Å². The summed E-state index contributed by atoms with van der Waals surface area (Å²) >= 11 is 0. The predicted molar refractivity (Wildman–Crippen MR) is 57.4 cm³/mol. The van der Waals surface area contributed by atoms with E-state index < -0.39 is 61.7 Å². The fourth-order valence-electron chi connectivity index (χ4n) is 0.834. The molecule has 0 unspecified atom stereocenters. The van der Waals surface area contributed by atoms with Gasteiger partial charge in [0, 0.05) is 24.8 Å². The summed E-state index contributed by atoms with van der Waals surface area (Å²) < 4.78 is 0. The first-order valence-corrected chi connectivity index (χ1v) is 5.41. The molecule has 0 amide bonds. The van der Waals surface area contributed by atoms with Crippen molar-refractivity contribution in [3.05, 3.63) is 0 Å². The predicted octanol–water partition coefficient (Wildman–Crippen LogP) is -16.6. The van der Waals surface area contributed by atoms with Gasteiger partial charge >= 0.3 is 88.7 Å². The van der Waals surface area contributed by atoms with Crippen molar-refractivity contribution in [2.75, 3.05) is 19.8 Å². The molecular formula is C10H16NNa3O10. The molecule has 14 heteroatoms. The topological polar surface area (TPSA) is 227 Å².